The second-order valence-electron chi connectivity index (χ2n) is 7.14. The van der Waals surface area contributed by atoms with Gasteiger partial charge >= 0.3 is 0 Å². The number of rotatable bonds is 4. The lowest BCUT2D eigenvalue weighted by molar-refractivity contribution is -0.132. The number of carbonyl (C=O) groups excluding carboxylic acids is 2. The number of nitrogens with zero attached hydrogens (tertiary/aromatic N) is 2. The molecule has 0 radical (unpaired) electrons. The monoisotopic (exact) mass is 294 g/mol. The summed E-state index contributed by atoms with van der Waals surface area (Å²) in [6.45, 7) is 8.14. The lowest BCUT2D eigenvalue weighted by atomic mass is 9.93. The molecule has 3 heterocycles. The maximum Gasteiger partial charge on any atom is 0.222 e. The van der Waals surface area contributed by atoms with Gasteiger partial charge in [0.15, 0.2) is 0 Å². The molecule has 0 bridgehead atoms. The van der Waals surface area contributed by atoms with Crippen molar-refractivity contribution in [1.29, 1.82) is 0 Å². The van der Waals surface area contributed by atoms with Crippen LogP contribution >= 0.6 is 0 Å². The van der Waals surface area contributed by atoms with Crippen LogP contribution in [0.5, 0.6) is 0 Å². The summed E-state index contributed by atoms with van der Waals surface area (Å²) in [5.41, 5.74) is 0. The zero-order valence-electron chi connectivity index (χ0n) is 13.1. The smallest absolute Gasteiger partial charge is 0.222 e. The van der Waals surface area contributed by atoms with Gasteiger partial charge in [0.2, 0.25) is 11.8 Å². The third-order valence-corrected chi connectivity index (χ3v) is 5.00. The molecule has 21 heavy (non-hydrogen) atoms. The Kier molecular flexibility index (Phi) is 4.20. The number of carbonyl (C=O) groups is 2. The van der Waals surface area contributed by atoms with E-state index in [1.165, 1.54) is 0 Å². The molecule has 2 amide bonds. The molecule has 3 saturated heterocycles. The minimum Gasteiger partial charge on any atom is -0.376 e. The van der Waals surface area contributed by atoms with Gasteiger partial charge in [-0.15, -0.1) is 0 Å². The Bertz CT molecular complexity index is 424. The van der Waals surface area contributed by atoms with Gasteiger partial charge in [-0.1, -0.05) is 13.8 Å². The molecule has 0 saturated carbocycles. The standard InChI is InChI=1S/C16H26N2O3/c1-11(2)6-16(20)18-8-13-12(10-21-14(13)9-18)7-17-5-3-4-15(17)19/h11-14H,3-10H2,1-2H3/t12-,13-,14-/m1/s1. The van der Waals surface area contributed by atoms with Gasteiger partial charge in [-0.2, -0.15) is 0 Å². The van der Waals surface area contributed by atoms with Gasteiger partial charge in [-0.05, 0) is 12.3 Å². The summed E-state index contributed by atoms with van der Waals surface area (Å²) in [7, 11) is 0. The fourth-order valence-electron chi connectivity index (χ4n) is 3.85. The zero-order valence-corrected chi connectivity index (χ0v) is 13.1. The summed E-state index contributed by atoms with van der Waals surface area (Å²) >= 11 is 0. The summed E-state index contributed by atoms with van der Waals surface area (Å²) in [5.74, 6) is 1.74. The first kappa shape index (κ1) is 14.8. The molecule has 0 N–H and O–H groups in total. The first-order chi connectivity index (χ1) is 10.0. The summed E-state index contributed by atoms with van der Waals surface area (Å²) < 4.78 is 5.89. The Morgan fingerprint density at radius 1 is 1.38 bits per heavy atom. The fourth-order valence-corrected chi connectivity index (χ4v) is 3.85. The van der Waals surface area contributed by atoms with Gasteiger partial charge in [0.1, 0.15) is 0 Å². The topological polar surface area (TPSA) is 49.9 Å². The Hall–Kier alpha value is -1.10. The van der Waals surface area contributed by atoms with E-state index in [0.717, 1.165) is 39.2 Å². The Labute approximate surface area is 126 Å². The highest BCUT2D eigenvalue weighted by molar-refractivity contribution is 5.78. The van der Waals surface area contributed by atoms with E-state index in [4.69, 9.17) is 4.74 Å². The Morgan fingerprint density at radius 3 is 2.86 bits per heavy atom. The minimum atomic E-state index is 0.184. The molecule has 3 rings (SSSR count). The van der Waals surface area contributed by atoms with E-state index in [9.17, 15) is 9.59 Å². The predicted octanol–water partition coefficient (Wildman–Crippen LogP) is 1.13. The fraction of sp³-hybridized carbons (Fsp3) is 0.875. The predicted molar refractivity (Wildman–Crippen MR) is 78.6 cm³/mol. The second kappa shape index (κ2) is 5.95. The van der Waals surface area contributed by atoms with Crippen molar-refractivity contribution in [1.82, 2.24) is 9.80 Å². The average Bonchev–Trinajstić information content (AvgIpc) is 3.07. The number of hydrogen-bond donors (Lipinski definition) is 0. The Morgan fingerprint density at radius 2 is 2.19 bits per heavy atom. The molecule has 3 aliphatic rings. The van der Waals surface area contributed by atoms with Crippen molar-refractivity contribution in [3.8, 4) is 0 Å². The van der Waals surface area contributed by atoms with Crippen LogP contribution in [0.15, 0.2) is 0 Å². The van der Waals surface area contributed by atoms with Gasteiger partial charge in [0.25, 0.3) is 0 Å². The van der Waals surface area contributed by atoms with Crippen molar-refractivity contribution in [2.75, 3.05) is 32.8 Å². The van der Waals surface area contributed by atoms with Crippen LogP contribution in [0.2, 0.25) is 0 Å². The summed E-state index contributed by atoms with van der Waals surface area (Å²) in [6.07, 6.45) is 2.48. The lowest BCUT2D eigenvalue weighted by Crippen LogP contribution is -2.36. The van der Waals surface area contributed by atoms with Crippen LogP contribution in [0.4, 0.5) is 0 Å². The van der Waals surface area contributed by atoms with E-state index in [1.807, 2.05) is 9.80 Å². The number of ether oxygens (including phenoxy) is 1. The molecule has 3 aliphatic heterocycles. The number of likely N-dealkylation sites (tertiary alicyclic amines) is 2. The van der Waals surface area contributed by atoms with Crippen molar-refractivity contribution >= 4 is 11.8 Å². The van der Waals surface area contributed by atoms with Crippen molar-refractivity contribution in [2.45, 2.75) is 39.2 Å². The molecular formula is C16H26N2O3. The lowest BCUT2D eigenvalue weighted by Gasteiger charge is -2.24. The van der Waals surface area contributed by atoms with Crippen LogP contribution in [0, 0.1) is 17.8 Å². The Balaban J connectivity index is 1.56. The van der Waals surface area contributed by atoms with E-state index in [0.29, 0.717) is 30.6 Å². The van der Waals surface area contributed by atoms with Gasteiger partial charge in [-0.3, -0.25) is 9.59 Å². The molecule has 3 fully saturated rings. The van der Waals surface area contributed by atoms with E-state index < -0.39 is 0 Å². The van der Waals surface area contributed by atoms with E-state index in [1.54, 1.807) is 0 Å². The molecule has 0 aliphatic carbocycles. The molecule has 0 spiro atoms. The van der Waals surface area contributed by atoms with Gasteiger partial charge in [0, 0.05) is 50.9 Å². The van der Waals surface area contributed by atoms with Crippen molar-refractivity contribution in [3.63, 3.8) is 0 Å². The highest BCUT2D eigenvalue weighted by Gasteiger charge is 2.46. The summed E-state index contributed by atoms with van der Waals surface area (Å²) in [6, 6.07) is 0. The minimum absolute atomic E-state index is 0.184. The van der Waals surface area contributed by atoms with Gasteiger partial charge in [-0.25, -0.2) is 0 Å². The van der Waals surface area contributed by atoms with E-state index >= 15 is 0 Å². The van der Waals surface area contributed by atoms with Crippen LogP contribution in [0.3, 0.4) is 0 Å². The van der Waals surface area contributed by atoms with Crippen LogP contribution in [0.25, 0.3) is 0 Å². The van der Waals surface area contributed by atoms with Crippen molar-refractivity contribution in [2.24, 2.45) is 17.8 Å². The normalized spacial score (nSPS) is 32.3. The first-order valence-corrected chi connectivity index (χ1v) is 8.21. The largest absolute Gasteiger partial charge is 0.376 e. The third kappa shape index (κ3) is 3.07. The first-order valence-electron chi connectivity index (χ1n) is 8.21. The second-order valence-corrected chi connectivity index (χ2v) is 7.14. The molecule has 0 aromatic rings. The SMILES string of the molecule is CC(C)CC(=O)N1C[C@@H]2[C@H](CN3CCCC3=O)CO[C@@H]2C1. The van der Waals surface area contributed by atoms with Crippen LogP contribution in [0.1, 0.15) is 33.1 Å². The summed E-state index contributed by atoms with van der Waals surface area (Å²) in [4.78, 5) is 27.9. The molecular weight excluding hydrogens is 268 g/mol. The van der Waals surface area contributed by atoms with Crippen LogP contribution < -0.4 is 0 Å². The molecule has 5 nitrogen and oxygen atoms in total. The van der Waals surface area contributed by atoms with E-state index in [2.05, 4.69) is 13.8 Å². The quantitative estimate of drug-likeness (QED) is 0.781. The van der Waals surface area contributed by atoms with Crippen molar-refractivity contribution in [3.05, 3.63) is 0 Å². The van der Waals surface area contributed by atoms with Crippen LogP contribution in [-0.2, 0) is 14.3 Å². The number of amides is 2. The molecule has 0 aromatic carbocycles. The molecule has 3 atom stereocenters. The number of hydrogen-bond acceptors (Lipinski definition) is 3. The average molecular weight is 294 g/mol. The van der Waals surface area contributed by atoms with Crippen molar-refractivity contribution < 1.29 is 14.3 Å². The molecule has 0 unspecified atom stereocenters. The van der Waals surface area contributed by atoms with Gasteiger partial charge < -0.3 is 14.5 Å². The zero-order chi connectivity index (χ0) is 15.0. The van der Waals surface area contributed by atoms with Crippen LogP contribution in [-0.4, -0.2) is 60.5 Å². The highest BCUT2D eigenvalue weighted by Crippen LogP contribution is 2.35. The maximum atomic E-state index is 12.2. The summed E-state index contributed by atoms with van der Waals surface area (Å²) in [5, 5.41) is 0. The molecule has 118 valence electrons. The van der Waals surface area contributed by atoms with Gasteiger partial charge in [0.05, 0.1) is 12.7 Å². The number of fused-ring (bicyclic) bond motifs is 1. The van der Waals surface area contributed by atoms with E-state index in [-0.39, 0.29) is 17.9 Å². The molecule has 0 aromatic heterocycles. The highest BCUT2D eigenvalue weighted by atomic mass is 16.5. The molecule has 5 heteroatoms. The third-order valence-electron chi connectivity index (χ3n) is 5.00. The maximum absolute atomic E-state index is 12.2.